The van der Waals surface area contributed by atoms with Crippen molar-refractivity contribution in [1.82, 2.24) is 0 Å². The van der Waals surface area contributed by atoms with E-state index < -0.39 is 91.0 Å². The standard InChI is InChI=1S/C17H41N3O4Si.C16H40N4O4Si.C14H34N2O4Si.2C13H33N3O4Si.C9H25N3O4Si.C8H22N2O4Si/c1-14(2,3)10-21-25(22-11-15(4,5)18,23-12-16(6,7)19)24-13-17(8,9)20;1-5-13(17)9-21-25(22-10-14(18)6-2,23-11-15(19)7-3)24-12-16(20)8-4;1-12(2,3)9-18-21(17-8,19-10-13(4,5)15)20-11-14(6,7)16;1-6-10(2)17-21(18-11(3)7-14,19-12(4)8-15)20-13(5)9-16;1-5-11(14)8-18-21(17-4,19-9-12(15)6-2)20-10-13(16)7-3;1-2-6-13-17(14-7-3-10,15-8-4-11)16-9-5-12;1-3-6-12-15(11-2,13-7-4-9)14-8-5-10/h10-13,18-20H2,1-9H3;13-16H,5-12,17-20H2,1-4H3;9-11,15-16H2,1-8H3;10-13H,6-9,14-16H2,1-5H3;11-13H,5-10,14-16H2,1-4H3;2-12H2,1H3;3-10H2,1-2H3. The van der Waals surface area contributed by atoms with Gasteiger partial charge in [-0.2, -0.15) is 0 Å². The van der Waals surface area contributed by atoms with E-state index in [0.717, 1.165) is 64.2 Å². The van der Waals surface area contributed by atoms with Crippen LogP contribution in [0.25, 0.3) is 0 Å². The molecule has 0 radical (unpaired) electrons. The molecule has 0 bridgehead atoms. The molecule has 40 N–H and O–H groups in total. The molecule has 145 heavy (non-hydrogen) atoms. The van der Waals surface area contributed by atoms with E-state index in [2.05, 4.69) is 41.5 Å². The summed E-state index contributed by atoms with van der Waals surface area (Å²) in [7, 11) is -18.3. The van der Waals surface area contributed by atoms with Gasteiger partial charge < -0.3 is 239 Å². The molecule has 0 amide bonds. The summed E-state index contributed by atoms with van der Waals surface area (Å²) in [5, 5.41) is 0. The number of rotatable bonds is 83. The first-order valence-electron chi connectivity index (χ1n) is 51.7. The fraction of sp³-hybridized carbons (Fsp3) is 1.00. The molecular formula is C90H228N20O28Si7. The molecule has 0 aromatic carbocycles. The van der Waals surface area contributed by atoms with Crippen LogP contribution < -0.4 is 115 Å². The molecular weight excluding hydrogens is 2010 g/mol. The van der Waals surface area contributed by atoms with E-state index in [-0.39, 0.29) is 137 Å². The van der Waals surface area contributed by atoms with Crippen molar-refractivity contribution in [3.8, 4) is 0 Å². The Balaban J connectivity index is -0.000000308. The zero-order chi connectivity index (χ0) is 114. The SMILES string of the molecule is CC(C)(C)CO[Si](OCC(C)(C)N)(OCC(C)(C)N)OCC(C)(C)N.CCC(C)O[Si](OC(C)CN)(OC(C)CN)OC(C)CN.CCC(N)CO[Si](OC)(OCC(N)CC)OCC(N)CC.CCC(N)CO[Si](OCC(N)CC)(OCC(N)CC)OCC(N)CC.CCCO[Si](OC)(OCCN)OCCN.CCCO[Si](OCCN)(OCCN)OCCN.CO[Si](OCC(C)(C)C)(OCC(C)(C)N)OCC(C)(C)N. The molecule has 0 saturated carbocycles. The van der Waals surface area contributed by atoms with Crippen molar-refractivity contribution in [3.05, 3.63) is 0 Å². The van der Waals surface area contributed by atoms with Crippen molar-refractivity contribution in [2.45, 2.75) is 366 Å². The van der Waals surface area contributed by atoms with Crippen molar-refractivity contribution in [2.75, 3.05) is 212 Å². The molecule has 884 valence electrons. The van der Waals surface area contributed by atoms with Crippen molar-refractivity contribution in [2.24, 2.45) is 126 Å². The maximum atomic E-state index is 6.09. The molecule has 0 spiro atoms. The van der Waals surface area contributed by atoms with E-state index in [1.807, 2.05) is 166 Å². The Morgan fingerprint density at radius 3 is 0.545 bits per heavy atom. The summed E-state index contributed by atoms with van der Waals surface area (Å²) in [6.45, 7) is 68.6. The Morgan fingerprint density at radius 1 is 0.200 bits per heavy atom. The van der Waals surface area contributed by atoms with E-state index in [4.69, 9.17) is 239 Å². The molecule has 11 unspecified atom stereocenters. The lowest BCUT2D eigenvalue weighted by molar-refractivity contribution is -0.0926. The van der Waals surface area contributed by atoms with Gasteiger partial charge >= 0.3 is 63.3 Å². The van der Waals surface area contributed by atoms with Gasteiger partial charge in [0.05, 0.1) is 131 Å². The van der Waals surface area contributed by atoms with Crippen LogP contribution in [0.2, 0.25) is 0 Å². The molecule has 0 aliphatic rings. The summed E-state index contributed by atoms with van der Waals surface area (Å²) in [5.41, 5.74) is 113. The number of hydrogen-bond donors (Lipinski definition) is 20. The molecule has 0 heterocycles. The van der Waals surface area contributed by atoms with Crippen LogP contribution in [0.5, 0.6) is 0 Å². The summed E-state index contributed by atoms with van der Waals surface area (Å²) < 4.78 is 161. The van der Waals surface area contributed by atoms with Gasteiger partial charge in [0.2, 0.25) is 0 Å². The third kappa shape index (κ3) is 92.3. The Bertz CT molecular complexity index is 2570. The molecule has 0 aromatic heterocycles. The highest BCUT2D eigenvalue weighted by Crippen LogP contribution is 2.28. The van der Waals surface area contributed by atoms with Gasteiger partial charge in [0.25, 0.3) is 0 Å². The Morgan fingerprint density at radius 2 is 0.359 bits per heavy atom. The summed E-state index contributed by atoms with van der Waals surface area (Å²) in [4.78, 5) is 0. The Kier molecular flexibility index (Phi) is 94.1. The maximum absolute atomic E-state index is 6.09. The average Bonchev–Trinajstić information content (AvgIpc) is 0.836. The second kappa shape index (κ2) is 86.6. The van der Waals surface area contributed by atoms with Gasteiger partial charge in [0.15, 0.2) is 0 Å². The van der Waals surface area contributed by atoms with Gasteiger partial charge in [-0.05, 0) is 172 Å². The maximum Gasteiger partial charge on any atom is 0.680 e. The van der Waals surface area contributed by atoms with Crippen molar-refractivity contribution in [1.29, 1.82) is 0 Å². The summed E-state index contributed by atoms with van der Waals surface area (Å²) in [6.07, 6.45) is 7.28. The van der Waals surface area contributed by atoms with Gasteiger partial charge in [0.1, 0.15) is 0 Å². The molecule has 0 saturated heterocycles. The molecule has 0 aromatic rings. The van der Waals surface area contributed by atoms with Crippen LogP contribution in [-0.4, -0.2) is 370 Å². The minimum Gasteiger partial charge on any atom is -0.355 e. The van der Waals surface area contributed by atoms with Crippen LogP contribution in [0.1, 0.15) is 272 Å². The van der Waals surface area contributed by atoms with Gasteiger partial charge in [-0.3, -0.25) is 0 Å². The van der Waals surface area contributed by atoms with E-state index >= 15 is 0 Å². The zero-order valence-corrected chi connectivity index (χ0v) is 104. The molecule has 0 rings (SSSR count). The minimum absolute atomic E-state index is 0.0278. The number of nitrogens with two attached hydrogens (primary N) is 20. The first kappa shape index (κ1) is 157. The van der Waals surface area contributed by atoms with E-state index in [9.17, 15) is 0 Å². The van der Waals surface area contributed by atoms with Crippen LogP contribution in [-0.2, 0) is 124 Å². The molecule has 48 nitrogen and oxygen atoms in total. The second-order valence-electron chi connectivity index (χ2n) is 41.3. The topological polar surface area (TPSA) is 779 Å². The van der Waals surface area contributed by atoms with Crippen molar-refractivity contribution < 1.29 is 124 Å². The van der Waals surface area contributed by atoms with E-state index in [0.29, 0.717) is 132 Å². The summed E-state index contributed by atoms with van der Waals surface area (Å²) in [5.74, 6) is 0. The van der Waals surface area contributed by atoms with E-state index in [1.165, 1.54) is 21.3 Å². The highest BCUT2D eigenvalue weighted by molar-refractivity contribution is 6.56. The molecule has 0 fully saturated rings. The molecule has 11 atom stereocenters. The van der Waals surface area contributed by atoms with Crippen molar-refractivity contribution >= 4 is 63.3 Å². The lowest BCUT2D eigenvalue weighted by Gasteiger charge is -2.36. The number of hydrogen-bond acceptors (Lipinski definition) is 48. The molecule has 55 heteroatoms. The Labute approximate surface area is 886 Å². The monoisotopic (exact) mass is 2230 g/mol. The van der Waals surface area contributed by atoms with Crippen LogP contribution >= 0.6 is 0 Å². The van der Waals surface area contributed by atoms with Crippen LogP contribution in [0.15, 0.2) is 0 Å². The lowest BCUT2D eigenvalue weighted by atomic mass is 9.99. The largest absolute Gasteiger partial charge is 0.680 e. The highest BCUT2D eigenvalue weighted by atomic mass is 28.4. The average molecular weight is 2240 g/mol. The molecule has 0 aliphatic heterocycles. The first-order valence-corrected chi connectivity index (χ1v) is 63.1. The lowest BCUT2D eigenvalue weighted by Crippen LogP contribution is -2.58. The third-order valence-electron chi connectivity index (χ3n) is 18.1. The van der Waals surface area contributed by atoms with Gasteiger partial charge in [0, 0.05) is 176 Å². The zero-order valence-electron chi connectivity index (χ0n) is 96.9. The Hall–Kier alpha value is -0.402. The third-order valence-corrected chi connectivity index (χ3v) is 33.4. The van der Waals surface area contributed by atoms with Crippen LogP contribution in [0.4, 0.5) is 0 Å². The smallest absolute Gasteiger partial charge is 0.355 e. The predicted octanol–water partition coefficient (Wildman–Crippen LogP) is 2.70. The summed E-state index contributed by atoms with van der Waals surface area (Å²) >= 11 is 0. The minimum atomic E-state index is -3.47. The predicted molar refractivity (Wildman–Crippen MR) is 590 cm³/mol. The van der Waals surface area contributed by atoms with Gasteiger partial charge in [-0.15, -0.1) is 0 Å². The normalized spacial score (nSPS) is 16.4. The highest BCUT2D eigenvalue weighted by Gasteiger charge is 2.55. The fourth-order valence-corrected chi connectivity index (χ4v) is 24.4. The summed E-state index contributed by atoms with van der Waals surface area (Å²) in [6, 6.07) is -0.745. The van der Waals surface area contributed by atoms with Gasteiger partial charge in [-0.1, -0.05) is 111 Å². The second-order valence-corrected chi connectivity index (χ2v) is 56.5. The van der Waals surface area contributed by atoms with Crippen LogP contribution in [0.3, 0.4) is 0 Å². The molecule has 0 aliphatic carbocycles. The van der Waals surface area contributed by atoms with Crippen molar-refractivity contribution in [3.63, 3.8) is 0 Å². The van der Waals surface area contributed by atoms with Crippen LogP contribution in [0, 0.1) is 10.8 Å². The fourth-order valence-electron chi connectivity index (χ4n) is 8.68. The first-order chi connectivity index (χ1) is 67.1. The quantitative estimate of drug-likeness (QED) is 0.0389. The van der Waals surface area contributed by atoms with E-state index in [1.54, 1.807) is 0 Å². The van der Waals surface area contributed by atoms with Gasteiger partial charge in [-0.25, -0.2) is 0 Å².